The minimum absolute atomic E-state index is 0.143. The first-order valence-electron chi connectivity index (χ1n) is 6.63. The van der Waals surface area contributed by atoms with Crippen LogP contribution in [-0.4, -0.2) is 35.8 Å². The lowest BCUT2D eigenvalue weighted by molar-refractivity contribution is -0.133. The molecule has 1 aliphatic heterocycles. The van der Waals surface area contributed by atoms with E-state index in [0.29, 0.717) is 12.3 Å². The highest BCUT2D eigenvalue weighted by atomic mass is 16.2. The monoisotopic (exact) mass is 250 g/mol. The van der Waals surface area contributed by atoms with Gasteiger partial charge in [0, 0.05) is 25.6 Å². The van der Waals surface area contributed by atoms with E-state index in [2.05, 4.69) is 24.1 Å². The van der Waals surface area contributed by atoms with Gasteiger partial charge in [0.2, 0.25) is 5.91 Å². The number of rotatable bonds is 3. The highest BCUT2D eigenvalue weighted by molar-refractivity contribution is 5.93. The van der Waals surface area contributed by atoms with E-state index in [1.165, 1.54) is 0 Å². The summed E-state index contributed by atoms with van der Waals surface area (Å²) in [5.41, 5.74) is 0. The molecule has 1 N–H and O–H groups in total. The van der Waals surface area contributed by atoms with Gasteiger partial charge >= 0.3 is 0 Å². The van der Waals surface area contributed by atoms with Crippen molar-refractivity contribution >= 4 is 11.8 Å². The molecule has 0 aromatic carbocycles. The van der Waals surface area contributed by atoms with E-state index in [0.717, 1.165) is 25.9 Å². The Labute approximate surface area is 109 Å². The zero-order valence-electron chi connectivity index (χ0n) is 11.5. The van der Waals surface area contributed by atoms with Crippen molar-refractivity contribution in [2.75, 3.05) is 13.1 Å². The van der Waals surface area contributed by atoms with E-state index < -0.39 is 0 Å². The molecule has 0 bridgehead atoms. The second-order valence-electron chi connectivity index (χ2n) is 4.61. The Morgan fingerprint density at radius 1 is 1.39 bits per heavy atom. The molecule has 4 nitrogen and oxygen atoms in total. The van der Waals surface area contributed by atoms with Crippen LogP contribution in [0.1, 0.15) is 40.0 Å². The van der Waals surface area contributed by atoms with Gasteiger partial charge in [-0.3, -0.25) is 9.59 Å². The van der Waals surface area contributed by atoms with Gasteiger partial charge in [0.15, 0.2) is 0 Å². The van der Waals surface area contributed by atoms with Crippen LogP contribution >= 0.6 is 0 Å². The molecule has 0 aliphatic carbocycles. The molecule has 1 heterocycles. The Bertz CT molecular complexity index is 368. The average molecular weight is 250 g/mol. The predicted octanol–water partition coefficient (Wildman–Crippen LogP) is 1.16. The number of hydrogen-bond donors (Lipinski definition) is 1. The minimum Gasteiger partial charge on any atom is -0.342 e. The van der Waals surface area contributed by atoms with Crippen molar-refractivity contribution in [3.05, 3.63) is 0 Å². The number of piperidine rings is 1. The molecular formula is C14H22N2O2. The zero-order valence-corrected chi connectivity index (χ0v) is 11.5. The molecule has 1 rings (SSSR count). The van der Waals surface area contributed by atoms with Gasteiger partial charge in [0.25, 0.3) is 5.91 Å². The molecule has 1 aliphatic rings. The summed E-state index contributed by atoms with van der Waals surface area (Å²) >= 11 is 0. The summed E-state index contributed by atoms with van der Waals surface area (Å²) < 4.78 is 0. The highest BCUT2D eigenvalue weighted by Gasteiger charge is 2.30. The molecule has 1 saturated heterocycles. The van der Waals surface area contributed by atoms with E-state index in [-0.39, 0.29) is 17.9 Å². The summed E-state index contributed by atoms with van der Waals surface area (Å²) in [7, 11) is 0. The third-order valence-electron chi connectivity index (χ3n) is 3.47. The zero-order chi connectivity index (χ0) is 13.5. The van der Waals surface area contributed by atoms with Crippen LogP contribution < -0.4 is 5.32 Å². The number of nitrogens with zero attached hydrogens (tertiary/aromatic N) is 1. The van der Waals surface area contributed by atoms with E-state index >= 15 is 0 Å². The van der Waals surface area contributed by atoms with Crippen molar-refractivity contribution in [1.29, 1.82) is 0 Å². The van der Waals surface area contributed by atoms with Crippen molar-refractivity contribution in [3.63, 3.8) is 0 Å². The number of hydrogen-bond acceptors (Lipinski definition) is 2. The molecule has 0 aromatic heterocycles. The first-order valence-corrected chi connectivity index (χ1v) is 6.63. The van der Waals surface area contributed by atoms with Crippen molar-refractivity contribution in [2.45, 2.75) is 46.1 Å². The summed E-state index contributed by atoms with van der Waals surface area (Å²) in [6.45, 7) is 7.10. The quantitative estimate of drug-likeness (QED) is 0.764. The second kappa shape index (κ2) is 7.05. The van der Waals surface area contributed by atoms with Gasteiger partial charge in [-0.1, -0.05) is 19.8 Å². The van der Waals surface area contributed by atoms with Gasteiger partial charge in [-0.05, 0) is 31.6 Å². The average Bonchev–Trinajstić information content (AvgIpc) is 2.38. The van der Waals surface area contributed by atoms with Crippen LogP contribution in [0.15, 0.2) is 0 Å². The summed E-state index contributed by atoms with van der Waals surface area (Å²) in [6.07, 6.45) is 2.33. The lowest BCUT2D eigenvalue weighted by Gasteiger charge is -2.38. The Kier molecular flexibility index (Phi) is 5.70. The predicted molar refractivity (Wildman–Crippen MR) is 70.6 cm³/mol. The summed E-state index contributed by atoms with van der Waals surface area (Å²) in [6, 6.07) is 0.143. The van der Waals surface area contributed by atoms with Crippen LogP contribution in [0.3, 0.4) is 0 Å². The summed E-state index contributed by atoms with van der Waals surface area (Å²) in [5, 5.41) is 2.95. The first-order chi connectivity index (χ1) is 8.62. The van der Waals surface area contributed by atoms with E-state index in [1.807, 2.05) is 11.8 Å². The number of likely N-dealkylation sites (tertiary alicyclic amines) is 1. The Hall–Kier alpha value is -1.50. The normalized spacial score (nSPS) is 22.9. The molecule has 0 aromatic rings. The van der Waals surface area contributed by atoms with Crippen molar-refractivity contribution < 1.29 is 9.59 Å². The van der Waals surface area contributed by atoms with Crippen LogP contribution in [-0.2, 0) is 9.59 Å². The molecule has 18 heavy (non-hydrogen) atoms. The van der Waals surface area contributed by atoms with Gasteiger partial charge in [0.05, 0.1) is 0 Å². The molecule has 2 atom stereocenters. The Morgan fingerprint density at radius 2 is 2.11 bits per heavy atom. The van der Waals surface area contributed by atoms with E-state index in [9.17, 15) is 9.59 Å². The topological polar surface area (TPSA) is 49.4 Å². The van der Waals surface area contributed by atoms with E-state index in [1.54, 1.807) is 6.92 Å². The molecule has 100 valence electrons. The highest BCUT2D eigenvalue weighted by Crippen LogP contribution is 2.20. The maximum atomic E-state index is 11.7. The third-order valence-corrected chi connectivity index (χ3v) is 3.47. The minimum atomic E-state index is -0.212. The number of amides is 2. The lowest BCUT2D eigenvalue weighted by atomic mass is 9.89. The van der Waals surface area contributed by atoms with Crippen LogP contribution in [0.5, 0.6) is 0 Å². The number of carbonyl (C=O) groups is 2. The fourth-order valence-electron chi connectivity index (χ4n) is 2.40. The Balaban J connectivity index is 2.59. The SMILES string of the molecule is CC#CC(=O)NC1CCN(C(=O)CC)CC1CC. The van der Waals surface area contributed by atoms with Gasteiger partial charge < -0.3 is 10.2 Å². The van der Waals surface area contributed by atoms with Crippen LogP contribution in [0.2, 0.25) is 0 Å². The second-order valence-corrected chi connectivity index (χ2v) is 4.61. The van der Waals surface area contributed by atoms with Crippen molar-refractivity contribution in [1.82, 2.24) is 10.2 Å². The van der Waals surface area contributed by atoms with Crippen molar-refractivity contribution in [3.8, 4) is 11.8 Å². The van der Waals surface area contributed by atoms with Gasteiger partial charge in [-0.15, -0.1) is 0 Å². The third kappa shape index (κ3) is 3.76. The lowest BCUT2D eigenvalue weighted by Crippen LogP contribution is -2.52. The molecule has 0 radical (unpaired) electrons. The fourth-order valence-corrected chi connectivity index (χ4v) is 2.40. The van der Waals surface area contributed by atoms with Crippen LogP contribution in [0.25, 0.3) is 0 Å². The number of carbonyl (C=O) groups excluding carboxylic acids is 2. The molecule has 4 heteroatoms. The summed E-state index contributed by atoms with van der Waals surface area (Å²) in [5.74, 6) is 5.42. The van der Waals surface area contributed by atoms with Crippen LogP contribution in [0, 0.1) is 17.8 Å². The largest absolute Gasteiger partial charge is 0.342 e. The maximum Gasteiger partial charge on any atom is 0.296 e. The fraction of sp³-hybridized carbons (Fsp3) is 0.714. The molecule has 0 saturated carbocycles. The van der Waals surface area contributed by atoms with Gasteiger partial charge in [0.1, 0.15) is 0 Å². The molecule has 0 spiro atoms. The molecule has 1 fully saturated rings. The van der Waals surface area contributed by atoms with Crippen molar-refractivity contribution in [2.24, 2.45) is 5.92 Å². The van der Waals surface area contributed by atoms with Gasteiger partial charge in [-0.2, -0.15) is 0 Å². The summed E-state index contributed by atoms with van der Waals surface area (Å²) in [4.78, 5) is 25.1. The molecular weight excluding hydrogens is 228 g/mol. The maximum absolute atomic E-state index is 11.7. The first kappa shape index (κ1) is 14.6. The number of nitrogens with one attached hydrogen (secondary N) is 1. The Morgan fingerprint density at radius 3 is 2.67 bits per heavy atom. The standard InChI is InChI=1S/C14H22N2O2/c1-4-7-13(17)15-12-8-9-16(14(18)6-3)10-11(12)5-2/h11-12H,5-6,8-10H2,1-3H3,(H,15,17). The molecule has 2 unspecified atom stereocenters. The molecule has 2 amide bonds. The van der Waals surface area contributed by atoms with E-state index in [4.69, 9.17) is 0 Å². The van der Waals surface area contributed by atoms with Crippen LogP contribution in [0.4, 0.5) is 0 Å². The smallest absolute Gasteiger partial charge is 0.296 e. The van der Waals surface area contributed by atoms with Gasteiger partial charge in [-0.25, -0.2) is 0 Å².